The second kappa shape index (κ2) is 10.4. The van der Waals surface area contributed by atoms with E-state index in [1.807, 2.05) is 25.1 Å². The van der Waals surface area contributed by atoms with E-state index < -0.39 is 5.97 Å². The minimum atomic E-state index is -0.394. The van der Waals surface area contributed by atoms with Gasteiger partial charge in [-0.25, -0.2) is 9.78 Å². The third-order valence-corrected chi connectivity index (χ3v) is 6.54. The molecule has 0 bridgehead atoms. The summed E-state index contributed by atoms with van der Waals surface area (Å²) >= 11 is 0. The van der Waals surface area contributed by atoms with Crippen molar-refractivity contribution >= 4 is 16.7 Å². The van der Waals surface area contributed by atoms with Crippen LogP contribution < -0.4 is 0 Å². The van der Waals surface area contributed by atoms with E-state index in [2.05, 4.69) is 64.9 Å². The number of fused-ring (bicyclic) bond motifs is 1. The zero-order chi connectivity index (χ0) is 24.2. The Balaban J connectivity index is 1.70. The van der Waals surface area contributed by atoms with Crippen molar-refractivity contribution in [1.29, 1.82) is 0 Å². The van der Waals surface area contributed by atoms with E-state index in [0.717, 1.165) is 66.3 Å². The summed E-state index contributed by atoms with van der Waals surface area (Å²) in [4.78, 5) is 20.5. The van der Waals surface area contributed by atoms with E-state index >= 15 is 0 Å². The number of carbonyl (C=O) groups is 1. The van der Waals surface area contributed by atoms with E-state index in [9.17, 15) is 4.79 Å². The van der Waals surface area contributed by atoms with Crippen molar-refractivity contribution in [2.24, 2.45) is 0 Å². The number of imidazole rings is 1. The van der Waals surface area contributed by atoms with Crippen molar-refractivity contribution in [3.63, 3.8) is 0 Å². The summed E-state index contributed by atoms with van der Waals surface area (Å²) in [6.07, 6.45) is 0. The Morgan fingerprint density at radius 2 is 1.71 bits per heavy atom. The first-order valence-electron chi connectivity index (χ1n) is 12.3. The molecule has 4 aromatic rings. The van der Waals surface area contributed by atoms with Gasteiger partial charge in [0.25, 0.3) is 0 Å². The van der Waals surface area contributed by atoms with Crippen molar-refractivity contribution in [3.8, 4) is 22.6 Å². The second-order valence-electron chi connectivity index (χ2n) is 8.85. The first kappa shape index (κ1) is 23.3. The first-order valence-corrected chi connectivity index (χ1v) is 12.3. The fourth-order valence-corrected chi connectivity index (χ4v) is 4.71. The Morgan fingerprint density at radius 1 is 0.971 bits per heavy atom. The first-order chi connectivity index (χ1) is 17.2. The Labute approximate surface area is 206 Å². The minimum absolute atomic E-state index is 0.302. The van der Waals surface area contributed by atoms with Gasteiger partial charge in [-0.1, -0.05) is 72.3 Å². The van der Waals surface area contributed by atoms with E-state index in [0.29, 0.717) is 18.8 Å². The smallest absolute Gasteiger partial charge is 0.359 e. The van der Waals surface area contributed by atoms with E-state index in [1.165, 1.54) is 5.56 Å². The van der Waals surface area contributed by atoms with Crippen LogP contribution in [0.2, 0.25) is 0 Å². The molecule has 0 aliphatic carbocycles. The van der Waals surface area contributed by atoms with Gasteiger partial charge in [-0.3, -0.25) is 4.90 Å². The zero-order valence-electron chi connectivity index (χ0n) is 20.4. The maximum absolute atomic E-state index is 13.1. The molecular formula is C29H31N3O3. The quantitative estimate of drug-likeness (QED) is 0.349. The van der Waals surface area contributed by atoms with Gasteiger partial charge in [0.05, 0.1) is 25.5 Å². The predicted octanol–water partition coefficient (Wildman–Crippen LogP) is 5.19. The Kier molecular flexibility index (Phi) is 6.93. The molecule has 5 rings (SSSR count). The molecule has 1 aliphatic rings. The van der Waals surface area contributed by atoms with Crippen LogP contribution in [0, 0.1) is 6.92 Å². The van der Waals surface area contributed by atoms with E-state index in [-0.39, 0.29) is 0 Å². The van der Waals surface area contributed by atoms with Crippen LogP contribution in [-0.4, -0.2) is 59.9 Å². The highest BCUT2D eigenvalue weighted by molar-refractivity contribution is 5.99. The Hall–Kier alpha value is -3.48. The molecule has 180 valence electrons. The number of carbonyl (C=O) groups excluding carboxylic acids is 1. The molecule has 0 spiro atoms. The van der Waals surface area contributed by atoms with E-state index in [1.54, 1.807) is 0 Å². The van der Waals surface area contributed by atoms with Crippen LogP contribution in [0.4, 0.5) is 0 Å². The van der Waals surface area contributed by atoms with Crippen LogP contribution in [0.15, 0.2) is 66.7 Å². The SMILES string of the molecule is CCOC(=O)c1nc(-c2cccc3ccccc23)n(CCN2CCOCC2)c1-c1ccc(C)cc1. The molecule has 6 nitrogen and oxygen atoms in total. The van der Waals surface area contributed by atoms with Gasteiger partial charge < -0.3 is 14.0 Å². The second-order valence-corrected chi connectivity index (χ2v) is 8.85. The molecule has 1 saturated heterocycles. The fraction of sp³-hybridized carbons (Fsp3) is 0.310. The number of ether oxygens (including phenoxy) is 2. The normalized spacial score (nSPS) is 14.3. The van der Waals surface area contributed by atoms with Gasteiger partial charge in [-0.05, 0) is 24.6 Å². The van der Waals surface area contributed by atoms with Gasteiger partial charge in [0, 0.05) is 37.3 Å². The summed E-state index contributed by atoms with van der Waals surface area (Å²) in [5.41, 5.74) is 4.30. The number of aryl methyl sites for hydroxylation is 1. The third kappa shape index (κ3) is 4.85. The van der Waals surface area contributed by atoms with Crippen LogP contribution in [0.3, 0.4) is 0 Å². The van der Waals surface area contributed by atoms with Gasteiger partial charge in [0.15, 0.2) is 5.69 Å². The number of esters is 1. The van der Waals surface area contributed by atoms with Gasteiger partial charge in [-0.2, -0.15) is 0 Å². The van der Waals surface area contributed by atoms with Crippen molar-refractivity contribution < 1.29 is 14.3 Å². The average molecular weight is 470 g/mol. The van der Waals surface area contributed by atoms with Crippen LogP contribution in [-0.2, 0) is 16.0 Å². The molecule has 1 fully saturated rings. The molecule has 0 saturated carbocycles. The van der Waals surface area contributed by atoms with Gasteiger partial charge in [-0.15, -0.1) is 0 Å². The lowest BCUT2D eigenvalue weighted by Gasteiger charge is -2.27. The molecule has 0 amide bonds. The lowest BCUT2D eigenvalue weighted by molar-refractivity contribution is 0.0365. The maximum atomic E-state index is 13.1. The van der Waals surface area contributed by atoms with Gasteiger partial charge in [0.1, 0.15) is 5.82 Å². The lowest BCUT2D eigenvalue weighted by atomic mass is 10.0. The summed E-state index contributed by atoms with van der Waals surface area (Å²) < 4.78 is 13.2. The summed E-state index contributed by atoms with van der Waals surface area (Å²) in [6.45, 7) is 9.05. The van der Waals surface area contributed by atoms with Crippen LogP contribution >= 0.6 is 0 Å². The zero-order valence-corrected chi connectivity index (χ0v) is 20.4. The van der Waals surface area contributed by atoms with Crippen molar-refractivity contribution in [3.05, 3.63) is 78.0 Å². The number of benzene rings is 3. The number of hydrogen-bond donors (Lipinski definition) is 0. The lowest BCUT2D eigenvalue weighted by Crippen LogP contribution is -2.38. The summed E-state index contributed by atoms with van der Waals surface area (Å²) in [6, 6.07) is 22.8. The molecule has 0 atom stereocenters. The highest BCUT2D eigenvalue weighted by atomic mass is 16.5. The summed E-state index contributed by atoms with van der Waals surface area (Å²) in [5, 5.41) is 2.25. The van der Waals surface area contributed by atoms with Crippen molar-refractivity contribution in [1.82, 2.24) is 14.5 Å². The van der Waals surface area contributed by atoms with Gasteiger partial charge in [0.2, 0.25) is 0 Å². The molecule has 35 heavy (non-hydrogen) atoms. The van der Waals surface area contributed by atoms with Crippen molar-refractivity contribution in [2.75, 3.05) is 39.5 Å². The topological polar surface area (TPSA) is 56.6 Å². The number of hydrogen-bond acceptors (Lipinski definition) is 5. The molecule has 0 radical (unpaired) electrons. The Morgan fingerprint density at radius 3 is 2.49 bits per heavy atom. The maximum Gasteiger partial charge on any atom is 0.359 e. The van der Waals surface area contributed by atoms with Crippen molar-refractivity contribution in [2.45, 2.75) is 20.4 Å². The van der Waals surface area contributed by atoms with Gasteiger partial charge >= 0.3 is 5.97 Å². The highest BCUT2D eigenvalue weighted by Gasteiger charge is 2.26. The molecule has 1 aromatic heterocycles. The molecule has 3 aromatic carbocycles. The molecule has 0 unspecified atom stereocenters. The predicted molar refractivity (Wildman–Crippen MR) is 139 cm³/mol. The number of nitrogens with zero attached hydrogens (tertiary/aromatic N) is 3. The number of morpholine rings is 1. The van der Waals surface area contributed by atoms with Crippen LogP contribution in [0.25, 0.3) is 33.4 Å². The monoisotopic (exact) mass is 469 g/mol. The molecular weight excluding hydrogens is 438 g/mol. The molecule has 6 heteroatoms. The number of aromatic nitrogens is 2. The Bertz CT molecular complexity index is 1320. The summed E-state index contributed by atoms with van der Waals surface area (Å²) in [7, 11) is 0. The fourth-order valence-electron chi connectivity index (χ4n) is 4.71. The van der Waals surface area contributed by atoms with Crippen LogP contribution in [0.5, 0.6) is 0 Å². The average Bonchev–Trinajstić information content (AvgIpc) is 3.27. The molecule has 0 N–H and O–H groups in total. The highest BCUT2D eigenvalue weighted by Crippen LogP contribution is 2.34. The van der Waals surface area contributed by atoms with E-state index in [4.69, 9.17) is 14.5 Å². The molecule has 1 aliphatic heterocycles. The number of rotatable bonds is 7. The third-order valence-electron chi connectivity index (χ3n) is 6.54. The molecule has 2 heterocycles. The standard InChI is InChI=1S/C29H31N3O3/c1-3-35-29(33)26-27(23-13-11-21(2)12-14-23)32(16-15-31-17-19-34-20-18-31)28(30-26)25-10-6-8-22-7-4-5-9-24(22)25/h4-14H,3,15-20H2,1-2H3. The largest absolute Gasteiger partial charge is 0.461 e. The summed E-state index contributed by atoms with van der Waals surface area (Å²) in [5.74, 6) is 0.392. The minimum Gasteiger partial charge on any atom is -0.461 e. The van der Waals surface area contributed by atoms with Crippen LogP contribution in [0.1, 0.15) is 23.0 Å².